The molecule has 0 aromatic rings. The third-order valence-corrected chi connectivity index (χ3v) is 2.52. The fraction of sp³-hybridized carbons (Fsp3) is 0.700. The van der Waals surface area contributed by atoms with Crippen molar-refractivity contribution in [2.24, 2.45) is 5.41 Å². The Morgan fingerprint density at radius 3 is 2.75 bits per heavy atom. The van der Waals surface area contributed by atoms with E-state index in [2.05, 4.69) is 6.58 Å². The molecule has 0 heterocycles. The van der Waals surface area contributed by atoms with Crippen molar-refractivity contribution in [3.8, 4) is 0 Å². The Labute approximate surface area is 73.6 Å². The molecule has 12 heavy (non-hydrogen) atoms. The van der Waals surface area contributed by atoms with Crippen LogP contribution in [0.4, 0.5) is 0 Å². The second-order valence-electron chi connectivity index (χ2n) is 3.35. The van der Waals surface area contributed by atoms with E-state index in [0.717, 1.165) is 25.7 Å². The normalized spacial score (nSPS) is 18.4. The van der Waals surface area contributed by atoms with Crippen molar-refractivity contribution >= 4 is 5.97 Å². The molecule has 68 valence electrons. The van der Waals surface area contributed by atoms with E-state index in [0.29, 0.717) is 6.61 Å². The van der Waals surface area contributed by atoms with Gasteiger partial charge in [-0.25, -0.2) is 0 Å². The van der Waals surface area contributed by atoms with Crippen LogP contribution in [-0.4, -0.2) is 12.6 Å². The van der Waals surface area contributed by atoms with Crippen LogP contribution in [0.3, 0.4) is 0 Å². The minimum atomic E-state index is -0.0961. The minimum Gasteiger partial charge on any atom is -0.465 e. The van der Waals surface area contributed by atoms with E-state index in [4.69, 9.17) is 4.74 Å². The van der Waals surface area contributed by atoms with Gasteiger partial charge in [0.15, 0.2) is 0 Å². The van der Waals surface area contributed by atoms with Crippen molar-refractivity contribution in [2.45, 2.75) is 32.6 Å². The number of carbonyl (C=O) groups excluding carboxylic acids is 1. The molecular weight excluding hydrogens is 152 g/mol. The van der Waals surface area contributed by atoms with Gasteiger partial charge in [0.2, 0.25) is 0 Å². The second-order valence-corrected chi connectivity index (χ2v) is 3.35. The maximum Gasteiger partial charge on any atom is 0.312 e. The van der Waals surface area contributed by atoms with E-state index < -0.39 is 0 Å². The van der Waals surface area contributed by atoms with Crippen molar-refractivity contribution in [1.29, 1.82) is 0 Å². The molecule has 2 nitrogen and oxygen atoms in total. The van der Waals surface area contributed by atoms with Crippen molar-refractivity contribution in [2.75, 3.05) is 6.61 Å². The monoisotopic (exact) mass is 168 g/mol. The summed E-state index contributed by atoms with van der Waals surface area (Å²) in [5.74, 6) is -0.00755. The zero-order valence-electron chi connectivity index (χ0n) is 7.64. The van der Waals surface area contributed by atoms with Crippen molar-refractivity contribution in [3.05, 3.63) is 12.7 Å². The molecule has 0 amide bonds. The topological polar surface area (TPSA) is 26.3 Å². The summed E-state index contributed by atoms with van der Waals surface area (Å²) in [4.78, 5) is 11.4. The van der Waals surface area contributed by atoms with Gasteiger partial charge in [-0.05, 0) is 25.7 Å². The first-order valence-electron chi connectivity index (χ1n) is 4.53. The molecule has 0 aromatic carbocycles. The first-order chi connectivity index (χ1) is 5.75. The van der Waals surface area contributed by atoms with Crippen LogP contribution >= 0.6 is 0 Å². The molecule has 0 N–H and O–H groups in total. The van der Waals surface area contributed by atoms with Crippen LogP contribution in [0.15, 0.2) is 12.7 Å². The van der Waals surface area contributed by atoms with Gasteiger partial charge in [0.1, 0.15) is 0 Å². The Hall–Kier alpha value is -0.790. The molecule has 1 rings (SSSR count). The van der Waals surface area contributed by atoms with Crippen LogP contribution in [0.5, 0.6) is 0 Å². The quantitative estimate of drug-likeness (QED) is 0.357. The summed E-state index contributed by atoms with van der Waals surface area (Å²) >= 11 is 0. The van der Waals surface area contributed by atoms with E-state index in [-0.39, 0.29) is 11.4 Å². The summed E-state index contributed by atoms with van der Waals surface area (Å²) in [5.41, 5.74) is -0.0961. The third-order valence-electron chi connectivity index (χ3n) is 2.52. The average Bonchev–Trinajstić information content (AvgIpc) is 2.85. The van der Waals surface area contributed by atoms with Gasteiger partial charge >= 0.3 is 5.97 Å². The van der Waals surface area contributed by atoms with Crippen molar-refractivity contribution in [3.63, 3.8) is 0 Å². The molecule has 1 fully saturated rings. The number of esters is 1. The largest absolute Gasteiger partial charge is 0.465 e. The molecule has 0 aromatic heterocycles. The zero-order valence-corrected chi connectivity index (χ0v) is 7.64. The highest BCUT2D eigenvalue weighted by atomic mass is 16.5. The Bertz CT molecular complexity index is 180. The molecule has 1 aliphatic carbocycles. The molecule has 1 saturated carbocycles. The lowest BCUT2D eigenvalue weighted by Gasteiger charge is -2.10. The first-order valence-corrected chi connectivity index (χ1v) is 4.53. The molecule has 0 aliphatic heterocycles. The lowest BCUT2D eigenvalue weighted by molar-refractivity contribution is -0.150. The molecule has 1 aliphatic rings. The highest BCUT2D eigenvalue weighted by Gasteiger charge is 2.49. The van der Waals surface area contributed by atoms with E-state index in [1.807, 2.05) is 6.92 Å². The van der Waals surface area contributed by atoms with Crippen LogP contribution in [0.2, 0.25) is 0 Å². The summed E-state index contributed by atoms with van der Waals surface area (Å²) in [6.45, 7) is 6.10. The van der Waals surface area contributed by atoms with Gasteiger partial charge in [-0.1, -0.05) is 13.0 Å². The first kappa shape index (κ1) is 9.30. The number of hydrogen-bond acceptors (Lipinski definition) is 2. The predicted octanol–water partition coefficient (Wildman–Crippen LogP) is 2.30. The lowest BCUT2D eigenvalue weighted by atomic mass is 10.1. The summed E-state index contributed by atoms with van der Waals surface area (Å²) in [6, 6.07) is 0. The highest BCUT2D eigenvalue weighted by molar-refractivity contribution is 5.79. The maximum absolute atomic E-state index is 11.4. The number of carbonyl (C=O) groups is 1. The number of ether oxygens (including phenoxy) is 1. The van der Waals surface area contributed by atoms with E-state index in [1.165, 1.54) is 0 Å². The molecule has 0 spiro atoms. The fourth-order valence-corrected chi connectivity index (χ4v) is 1.24. The van der Waals surface area contributed by atoms with Crippen LogP contribution < -0.4 is 0 Å². The molecule has 0 unspecified atom stereocenters. The van der Waals surface area contributed by atoms with Crippen LogP contribution in [0.25, 0.3) is 0 Å². The Morgan fingerprint density at radius 1 is 1.67 bits per heavy atom. The van der Waals surface area contributed by atoms with Gasteiger partial charge in [0.05, 0.1) is 12.0 Å². The molecule has 2 heteroatoms. The van der Waals surface area contributed by atoms with Gasteiger partial charge in [-0.2, -0.15) is 0 Å². The molecular formula is C10H16O2. The van der Waals surface area contributed by atoms with Crippen molar-refractivity contribution in [1.82, 2.24) is 0 Å². The van der Waals surface area contributed by atoms with Gasteiger partial charge < -0.3 is 4.74 Å². The minimum absolute atomic E-state index is 0.00755. The highest BCUT2D eigenvalue weighted by Crippen LogP contribution is 2.49. The number of hydrogen-bond donors (Lipinski definition) is 0. The summed E-state index contributed by atoms with van der Waals surface area (Å²) in [5, 5.41) is 0. The fourth-order valence-electron chi connectivity index (χ4n) is 1.24. The van der Waals surface area contributed by atoms with Gasteiger partial charge in [0, 0.05) is 0 Å². The maximum atomic E-state index is 11.4. The van der Waals surface area contributed by atoms with Crippen LogP contribution in [-0.2, 0) is 9.53 Å². The summed E-state index contributed by atoms with van der Waals surface area (Å²) < 4.78 is 5.09. The predicted molar refractivity (Wildman–Crippen MR) is 47.7 cm³/mol. The van der Waals surface area contributed by atoms with E-state index in [1.54, 1.807) is 6.08 Å². The van der Waals surface area contributed by atoms with Gasteiger partial charge in [-0.3, -0.25) is 4.79 Å². The van der Waals surface area contributed by atoms with E-state index in [9.17, 15) is 4.79 Å². The smallest absolute Gasteiger partial charge is 0.312 e. The third kappa shape index (κ3) is 1.87. The van der Waals surface area contributed by atoms with Crippen molar-refractivity contribution < 1.29 is 9.53 Å². The molecule has 0 bridgehead atoms. The number of rotatable bonds is 5. The molecule has 0 saturated heterocycles. The van der Waals surface area contributed by atoms with Crippen LogP contribution in [0.1, 0.15) is 32.6 Å². The standard InChI is InChI=1S/C10H16O2/c1-3-5-8-12-9(11)10(4-2)6-7-10/h3H,1,4-8H2,2H3. The SMILES string of the molecule is C=CCCOC(=O)C1(CC)CC1. The summed E-state index contributed by atoms with van der Waals surface area (Å²) in [7, 11) is 0. The second kappa shape index (κ2) is 3.74. The average molecular weight is 168 g/mol. The Kier molecular flexibility index (Phi) is 2.90. The lowest BCUT2D eigenvalue weighted by Crippen LogP contribution is -2.18. The van der Waals surface area contributed by atoms with Gasteiger partial charge in [-0.15, -0.1) is 6.58 Å². The van der Waals surface area contributed by atoms with Gasteiger partial charge in [0.25, 0.3) is 0 Å². The molecule has 0 atom stereocenters. The molecule has 0 radical (unpaired) electrons. The Morgan fingerprint density at radius 2 is 2.33 bits per heavy atom. The van der Waals surface area contributed by atoms with E-state index >= 15 is 0 Å². The Balaban J connectivity index is 2.24. The summed E-state index contributed by atoms with van der Waals surface area (Å²) in [6.07, 6.45) is 5.46. The van der Waals surface area contributed by atoms with Crippen LogP contribution in [0, 0.1) is 5.41 Å². The zero-order chi connectivity index (χ0) is 9.03.